The summed E-state index contributed by atoms with van der Waals surface area (Å²) in [5.74, 6) is -0.0535. The maximum Gasteiger partial charge on any atom is 0.220 e. The highest BCUT2D eigenvalue weighted by molar-refractivity contribution is 5.76. The van der Waals surface area contributed by atoms with E-state index < -0.39 is 12.1 Å². The molecule has 46 heavy (non-hydrogen) atoms. The number of carbonyl (C=O) groups is 1. The second kappa shape index (κ2) is 37.5. The molecule has 1 amide bonds. The van der Waals surface area contributed by atoms with Crippen molar-refractivity contribution < 1.29 is 15.0 Å². The maximum atomic E-state index is 12.4. The molecule has 0 heterocycles. The fourth-order valence-corrected chi connectivity index (χ4v) is 5.56. The summed E-state index contributed by atoms with van der Waals surface area (Å²) >= 11 is 0. The highest BCUT2D eigenvalue weighted by atomic mass is 16.3. The van der Waals surface area contributed by atoms with Crippen LogP contribution in [-0.2, 0) is 4.79 Å². The zero-order valence-corrected chi connectivity index (χ0v) is 30.3. The van der Waals surface area contributed by atoms with E-state index in [1.54, 1.807) is 0 Å². The van der Waals surface area contributed by atoms with Crippen molar-refractivity contribution in [2.75, 3.05) is 6.61 Å². The summed E-state index contributed by atoms with van der Waals surface area (Å²) < 4.78 is 0. The largest absolute Gasteiger partial charge is 0.394 e. The molecule has 0 aromatic heterocycles. The summed E-state index contributed by atoms with van der Waals surface area (Å²) in [5.41, 5.74) is 0. The molecule has 0 aliphatic heterocycles. The molecule has 0 saturated carbocycles. The van der Waals surface area contributed by atoms with Gasteiger partial charge in [-0.3, -0.25) is 4.79 Å². The van der Waals surface area contributed by atoms with Gasteiger partial charge in [-0.2, -0.15) is 0 Å². The van der Waals surface area contributed by atoms with Crippen molar-refractivity contribution >= 4 is 5.91 Å². The highest BCUT2D eigenvalue weighted by Gasteiger charge is 2.19. The van der Waals surface area contributed by atoms with Crippen LogP contribution >= 0.6 is 0 Å². The minimum Gasteiger partial charge on any atom is -0.394 e. The van der Waals surface area contributed by atoms with E-state index in [0.29, 0.717) is 12.8 Å². The molecule has 0 aromatic carbocycles. The number of hydrogen-bond donors (Lipinski definition) is 3. The molecule has 0 spiro atoms. The normalized spacial score (nSPS) is 13.7. The van der Waals surface area contributed by atoms with Gasteiger partial charge < -0.3 is 15.5 Å². The predicted octanol–water partition coefficient (Wildman–Crippen LogP) is 11.8. The van der Waals surface area contributed by atoms with Gasteiger partial charge in [0.05, 0.1) is 18.8 Å². The molecule has 0 aliphatic rings. The van der Waals surface area contributed by atoms with Crippen molar-refractivity contribution in [3.8, 4) is 0 Å². The highest BCUT2D eigenvalue weighted by Crippen LogP contribution is 2.14. The Hall–Kier alpha value is -1.91. The molecule has 0 aliphatic carbocycles. The molecule has 4 heteroatoms. The fraction of sp³-hybridized carbons (Fsp3) is 0.738. The molecule has 0 saturated heterocycles. The van der Waals surface area contributed by atoms with Crippen LogP contribution in [0.2, 0.25) is 0 Å². The third kappa shape index (κ3) is 33.5. The second-order valence-corrected chi connectivity index (χ2v) is 13.0. The van der Waals surface area contributed by atoms with Crippen LogP contribution in [0, 0.1) is 0 Å². The Bertz CT molecular complexity index is 782. The van der Waals surface area contributed by atoms with Gasteiger partial charge in [-0.25, -0.2) is 0 Å². The monoisotopic (exact) mass is 642 g/mol. The number of amides is 1. The van der Waals surface area contributed by atoms with Crippen molar-refractivity contribution in [3.05, 3.63) is 60.8 Å². The number of rotatable bonds is 34. The Morgan fingerprint density at radius 2 is 0.957 bits per heavy atom. The number of nitrogens with one attached hydrogen (secondary N) is 1. The van der Waals surface area contributed by atoms with Gasteiger partial charge in [0.2, 0.25) is 5.91 Å². The molecule has 0 aromatic rings. The van der Waals surface area contributed by atoms with Crippen LogP contribution in [-0.4, -0.2) is 34.9 Å². The van der Waals surface area contributed by atoms with E-state index in [2.05, 4.69) is 79.9 Å². The number of aliphatic hydroxyl groups excluding tert-OH is 2. The van der Waals surface area contributed by atoms with Gasteiger partial charge in [-0.15, -0.1) is 0 Å². The number of carbonyl (C=O) groups excluding carboxylic acids is 1. The smallest absolute Gasteiger partial charge is 0.220 e. The molecule has 2 unspecified atom stereocenters. The molecule has 266 valence electrons. The van der Waals surface area contributed by atoms with Crippen molar-refractivity contribution in [2.24, 2.45) is 0 Å². The van der Waals surface area contributed by atoms with Gasteiger partial charge in [0.15, 0.2) is 0 Å². The van der Waals surface area contributed by atoms with E-state index in [0.717, 1.165) is 70.6 Å². The van der Waals surface area contributed by atoms with Crippen LogP contribution in [0.25, 0.3) is 0 Å². The van der Waals surface area contributed by atoms with Crippen LogP contribution in [0.3, 0.4) is 0 Å². The first kappa shape index (κ1) is 44.1. The minimum atomic E-state index is -0.669. The Labute approximate surface area is 286 Å². The molecular formula is C42H75NO3. The van der Waals surface area contributed by atoms with Gasteiger partial charge in [-0.05, 0) is 57.8 Å². The van der Waals surface area contributed by atoms with Crippen LogP contribution in [0.1, 0.15) is 181 Å². The summed E-state index contributed by atoms with van der Waals surface area (Å²) in [5, 5.41) is 23.1. The molecule has 0 rings (SSSR count). The maximum absolute atomic E-state index is 12.4. The van der Waals surface area contributed by atoms with E-state index in [4.69, 9.17) is 0 Å². The number of allylic oxidation sites excluding steroid dienone is 10. The van der Waals surface area contributed by atoms with Gasteiger partial charge in [0.1, 0.15) is 0 Å². The third-order valence-electron chi connectivity index (χ3n) is 8.54. The first-order valence-corrected chi connectivity index (χ1v) is 19.5. The van der Waals surface area contributed by atoms with Crippen molar-refractivity contribution in [1.82, 2.24) is 5.32 Å². The summed E-state index contributed by atoms with van der Waals surface area (Å²) in [6.07, 6.45) is 51.3. The first-order chi connectivity index (χ1) is 22.7. The minimum absolute atomic E-state index is 0.0535. The van der Waals surface area contributed by atoms with Gasteiger partial charge in [0.25, 0.3) is 0 Å². The third-order valence-corrected chi connectivity index (χ3v) is 8.54. The molecule has 0 fully saturated rings. The number of aliphatic hydroxyl groups is 2. The van der Waals surface area contributed by atoms with Gasteiger partial charge in [-0.1, -0.05) is 177 Å². The lowest BCUT2D eigenvalue weighted by Crippen LogP contribution is -2.45. The Morgan fingerprint density at radius 3 is 1.43 bits per heavy atom. The average molecular weight is 642 g/mol. The molecule has 3 N–H and O–H groups in total. The van der Waals surface area contributed by atoms with Gasteiger partial charge >= 0.3 is 0 Å². The predicted molar refractivity (Wildman–Crippen MR) is 202 cm³/mol. The quantitative estimate of drug-likeness (QED) is 0.0483. The van der Waals surface area contributed by atoms with E-state index in [-0.39, 0.29) is 12.5 Å². The van der Waals surface area contributed by atoms with E-state index in [9.17, 15) is 15.0 Å². The van der Waals surface area contributed by atoms with Crippen molar-refractivity contribution in [3.63, 3.8) is 0 Å². The van der Waals surface area contributed by atoms with E-state index in [1.807, 2.05) is 0 Å². The Kier molecular flexibility index (Phi) is 36.0. The van der Waals surface area contributed by atoms with E-state index in [1.165, 1.54) is 83.5 Å². The summed E-state index contributed by atoms with van der Waals surface area (Å²) in [6.45, 7) is 4.22. The van der Waals surface area contributed by atoms with Crippen LogP contribution in [0.4, 0.5) is 0 Å². The first-order valence-electron chi connectivity index (χ1n) is 19.5. The van der Waals surface area contributed by atoms with Crippen LogP contribution in [0.5, 0.6) is 0 Å². The van der Waals surface area contributed by atoms with Gasteiger partial charge in [0, 0.05) is 6.42 Å². The van der Waals surface area contributed by atoms with Crippen LogP contribution < -0.4 is 5.32 Å². The van der Waals surface area contributed by atoms with Crippen molar-refractivity contribution in [1.29, 1.82) is 0 Å². The lowest BCUT2D eigenvalue weighted by atomic mass is 10.0. The lowest BCUT2D eigenvalue weighted by Gasteiger charge is -2.22. The second-order valence-electron chi connectivity index (χ2n) is 13.0. The number of hydrogen-bond acceptors (Lipinski definition) is 3. The van der Waals surface area contributed by atoms with E-state index >= 15 is 0 Å². The average Bonchev–Trinajstić information content (AvgIpc) is 3.06. The SMILES string of the molecule is CC/C=C\C/C=C\C/C=C\C/C=C\C/C=C\CCCCCCCC(=O)NC(CO)C(O)CCCCCCCCCCCCCCC. The zero-order valence-electron chi connectivity index (χ0n) is 30.3. The molecule has 4 nitrogen and oxygen atoms in total. The Morgan fingerprint density at radius 1 is 0.543 bits per heavy atom. The van der Waals surface area contributed by atoms with Crippen LogP contribution in [0.15, 0.2) is 60.8 Å². The fourth-order valence-electron chi connectivity index (χ4n) is 5.56. The topological polar surface area (TPSA) is 69.6 Å². The molecular weight excluding hydrogens is 566 g/mol. The molecule has 2 atom stereocenters. The summed E-state index contributed by atoms with van der Waals surface area (Å²) in [7, 11) is 0. The number of unbranched alkanes of at least 4 members (excludes halogenated alkanes) is 17. The Balaban J connectivity index is 3.64. The molecule has 0 bridgehead atoms. The molecule has 0 radical (unpaired) electrons. The zero-order chi connectivity index (χ0) is 33.6. The van der Waals surface area contributed by atoms with Crippen molar-refractivity contribution in [2.45, 2.75) is 193 Å². The summed E-state index contributed by atoms with van der Waals surface area (Å²) in [4.78, 5) is 12.4. The lowest BCUT2D eigenvalue weighted by molar-refractivity contribution is -0.123. The summed E-state index contributed by atoms with van der Waals surface area (Å²) in [6, 6.07) is -0.548. The standard InChI is InChI=1S/C42H75NO3/c1-3-5-7-9-11-13-15-17-18-19-20-21-22-23-24-26-28-30-32-34-36-38-42(46)43-40(39-44)41(45)37-35-33-31-29-27-25-16-14-12-10-8-6-4-2/h5,7,11,13,17-18,20-21,23-24,40-41,44-45H,3-4,6,8-10,12,14-16,19,22,25-39H2,1-2H3,(H,43,46)/b7-5-,13-11-,18-17-,21-20-,24-23-.